The number of carboxylic acid groups (broad SMARTS) is 1. The average molecular weight is 290 g/mol. The van der Waals surface area contributed by atoms with Gasteiger partial charge in [0.15, 0.2) is 0 Å². The number of benzene rings is 1. The molecule has 1 atom stereocenters. The fraction of sp³-hybridized carbons (Fsp3) is 0.462. The van der Waals surface area contributed by atoms with Crippen LogP contribution in [-0.2, 0) is 10.9 Å². The molecule has 0 aliphatic carbocycles. The Kier molecular flexibility index (Phi) is 4.17. The summed E-state index contributed by atoms with van der Waals surface area (Å²) in [4.78, 5) is 11.0. The number of halogens is 3. The molecule has 1 aliphatic rings. The summed E-state index contributed by atoms with van der Waals surface area (Å²) in [6.07, 6.45) is -3.04. The zero-order valence-electron chi connectivity index (χ0n) is 10.4. The topological polar surface area (TPSA) is 55.8 Å². The number of hydrogen-bond acceptors (Lipinski definition) is 3. The van der Waals surface area contributed by atoms with Crippen LogP contribution in [0.25, 0.3) is 0 Å². The normalized spacial score (nSPS) is 19.1. The van der Waals surface area contributed by atoms with Crippen molar-refractivity contribution in [3.8, 4) is 5.75 Å². The molecule has 1 N–H and O–H groups in total. The summed E-state index contributed by atoms with van der Waals surface area (Å²) in [6, 6.07) is 2.41. The predicted octanol–water partition coefficient (Wildman–Crippen LogP) is 2.96. The van der Waals surface area contributed by atoms with Gasteiger partial charge >= 0.3 is 12.1 Å². The molecule has 1 aliphatic heterocycles. The maximum atomic E-state index is 12.5. The summed E-state index contributed by atoms with van der Waals surface area (Å²) >= 11 is 0. The van der Waals surface area contributed by atoms with Crippen LogP contribution in [0, 0.1) is 0 Å². The van der Waals surface area contributed by atoms with Gasteiger partial charge in [-0.2, -0.15) is 13.2 Å². The van der Waals surface area contributed by atoms with Gasteiger partial charge in [-0.05, 0) is 31.0 Å². The lowest BCUT2D eigenvalue weighted by Gasteiger charge is -2.14. The van der Waals surface area contributed by atoms with Crippen molar-refractivity contribution in [3.63, 3.8) is 0 Å². The second-order valence-electron chi connectivity index (χ2n) is 4.46. The highest BCUT2D eigenvalue weighted by Gasteiger charge is 2.32. The SMILES string of the molecule is O=C(O)c1cc(C(F)(F)F)ccc1OCC1CCCO1. The van der Waals surface area contributed by atoms with E-state index in [0.717, 1.165) is 25.0 Å². The molecule has 1 aromatic carbocycles. The zero-order valence-corrected chi connectivity index (χ0v) is 10.4. The van der Waals surface area contributed by atoms with Crippen LogP contribution in [0.5, 0.6) is 5.75 Å². The molecule has 0 spiro atoms. The van der Waals surface area contributed by atoms with Crippen LogP contribution in [0.1, 0.15) is 28.8 Å². The Morgan fingerprint density at radius 3 is 2.75 bits per heavy atom. The number of carboxylic acids is 1. The number of hydrogen-bond donors (Lipinski definition) is 1. The molecule has 20 heavy (non-hydrogen) atoms. The van der Waals surface area contributed by atoms with Crippen LogP contribution in [0.3, 0.4) is 0 Å². The monoisotopic (exact) mass is 290 g/mol. The van der Waals surface area contributed by atoms with Crippen LogP contribution in [0.15, 0.2) is 18.2 Å². The second-order valence-corrected chi connectivity index (χ2v) is 4.46. The van der Waals surface area contributed by atoms with Gasteiger partial charge in [0.1, 0.15) is 17.9 Å². The van der Waals surface area contributed by atoms with E-state index in [1.54, 1.807) is 0 Å². The second kappa shape index (κ2) is 5.70. The van der Waals surface area contributed by atoms with Crippen molar-refractivity contribution in [3.05, 3.63) is 29.3 Å². The summed E-state index contributed by atoms with van der Waals surface area (Å²) < 4.78 is 48.2. The van der Waals surface area contributed by atoms with Crippen molar-refractivity contribution in [1.29, 1.82) is 0 Å². The summed E-state index contributed by atoms with van der Waals surface area (Å²) in [7, 11) is 0. The Morgan fingerprint density at radius 2 is 2.20 bits per heavy atom. The first-order valence-corrected chi connectivity index (χ1v) is 6.07. The van der Waals surface area contributed by atoms with E-state index in [1.165, 1.54) is 0 Å². The fourth-order valence-corrected chi connectivity index (χ4v) is 1.96. The Balaban J connectivity index is 2.17. The van der Waals surface area contributed by atoms with Gasteiger partial charge in [0.2, 0.25) is 0 Å². The molecular formula is C13H13F3O4. The van der Waals surface area contributed by atoms with Crippen molar-refractivity contribution in [1.82, 2.24) is 0 Å². The minimum absolute atomic E-state index is 0.0824. The van der Waals surface area contributed by atoms with Crippen molar-refractivity contribution in [2.24, 2.45) is 0 Å². The van der Waals surface area contributed by atoms with E-state index in [4.69, 9.17) is 14.6 Å². The van der Waals surface area contributed by atoms with E-state index in [1.807, 2.05) is 0 Å². The van der Waals surface area contributed by atoms with Gasteiger partial charge in [-0.3, -0.25) is 0 Å². The van der Waals surface area contributed by atoms with Crippen molar-refractivity contribution >= 4 is 5.97 Å². The minimum Gasteiger partial charge on any atom is -0.490 e. The van der Waals surface area contributed by atoms with Gasteiger partial charge in [0, 0.05) is 6.61 Å². The van der Waals surface area contributed by atoms with E-state index >= 15 is 0 Å². The Hall–Kier alpha value is -1.76. The molecule has 0 bridgehead atoms. The van der Waals surface area contributed by atoms with Gasteiger partial charge < -0.3 is 14.6 Å². The first-order chi connectivity index (χ1) is 9.38. The highest BCUT2D eigenvalue weighted by Crippen LogP contribution is 2.32. The number of ether oxygens (including phenoxy) is 2. The molecule has 0 radical (unpaired) electrons. The molecule has 110 valence electrons. The largest absolute Gasteiger partial charge is 0.490 e. The first-order valence-electron chi connectivity index (χ1n) is 6.07. The molecule has 0 amide bonds. The number of carbonyl (C=O) groups is 1. The molecule has 4 nitrogen and oxygen atoms in total. The summed E-state index contributed by atoms with van der Waals surface area (Å²) in [5.74, 6) is -1.54. The van der Waals surface area contributed by atoms with Crippen LogP contribution < -0.4 is 4.74 Å². The van der Waals surface area contributed by atoms with Crippen molar-refractivity contribution in [2.75, 3.05) is 13.2 Å². The van der Waals surface area contributed by atoms with Crippen LogP contribution in [-0.4, -0.2) is 30.4 Å². The predicted molar refractivity (Wildman–Crippen MR) is 62.9 cm³/mol. The van der Waals surface area contributed by atoms with Gasteiger partial charge in [-0.15, -0.1) is 0 Å². The molecular weight excluding hydrogens is 277 g/mol. The van der Waals surface area contributed by atoms with Gasteiger partial charge in [-0.1, -0.05) is 0 Å². The molecule has 1 aromatic rings. The van der Waals surface area contributed by atoms with E-state index in [-0.39, 0.29) is 18.5 Å². The Labute approximate surface area is 113 Å². The van der Waals surface area contributed by atoms with E-state index in [2.05, 4.69) is 0 Å². The smallest absolute Gasteiger partial charge is 0.416 e. The maximum absolute atomic E-state index is 12.5. The lowest BCUT2D eigenvalue weighted by Crippen LogP contribution is -2.18. The molecule has 2 rings (SSSR count). The van der Waals surface area contributed by atoms with Gasteiger partial charge in [0.25, 0.3) is 0 Å². The molecule has 7 heteroatoms. The maximum Gasteiger partial charge on any atom is 0.416 e. The van der Waals surface area contributed by atoms with Crippen LogP contribution >= 0.6 is 0 Å². The lowest BCUT2D eigenvalue weighted by atomic mass is 10.1. The highest BCUT2D eigenvalue weighted by molar-refractivity contribution is 5.91. The molecule has 1 fully saturated rings. The lowest BCUT2D eigenvalue weighted by molar-refractivity contribution is -0.137. The van der Waals surface area contributed by atoms with Crippen LogP contribution in [0.2, 0.25) is 0 Å². The standard InChI is InChI=1S/C13H13F3O4/c14-13(15,16)8-3-4-11(10(6-8)12(17)18)20-7-9-2-1-5-19-9/h3-4,6,9H,1-2,5,7H2,(H,17,18). The molecule has 0 aromatic heterocycles. The van der Waals surface area contributed by atoms with E-state index < -0.39 is 23.3 Å². The van der Waals surface area contributed by atoms with Crippen molar-refractivity contribution < 1.29 is 32.5 Å². The number of rotatable bonds is 4. The fourth-order valence-electron chi connectivity index (χ4n) is 1.96. The van der Waals surface area contributed by atoms with Crippen LogP contribution in [0.4, 0.5) is 13.2 Å². The highest BCUT2D eigenvalue weighted by atomic mass is 19.4. The molecule has 0 saturated carbocycles. The average Bonchev–Trinajstić information content (AvgIpc) is 2.88. The third-order valence-electron chi connectivity index (χ3n) is 2.99. The molecule has 1 saturated heterocycles. The Morgan fingerprint density at radius 1 is 1.45 bits per heavy atom. The van der Waals surface area contributed by atoms with Gasteiger partial charge in [0.05, 0.1) is 11.7 Å². The van der Waals surface area contributed by atoms with E-state index in [9.17, 15) is 18.0 Å². The molecule has 1 unspecified atom stereocenters. The number of alkyl halides is 3. The van der Waals surface area contributed by atoms with Crippen molar-refractivity contribution in [2.45, 2.75) is 25.1 Å². The summed E-state index contributed by atoms with van der Waals surface area (Å²) in [5, 5.41) is 8.97. The third kappa shape index (κ3) is 3.41. The third-order valence-corrected chi connectivity index (χ3v) is 2.99. The summed E-state index contributed by atoms with van der Waals surface area (Å²) in [6.45, 7) is 0.748. The first kappa shape index (κ1) is 14.6. The minimum atomic E-state index is -4.59. The van der Waals surface area contributed by atoms with E-state index in [0.29, 0.717) is 12.7 Å². The number of aromatic carboxylic acids is 1. The zero-order chi connectivity index (χ0) is 14.8. The quantitative estimate of drug-likeness (QED) is 0.926. The van der Waals surface area contributed by atoms with Gasteiger partial charge in [-0.25, -0.2) is 4.79 Å². The molecule has 1 heterocycles. The summed E-state index contributed by atoms with van der Waals surface area (Å²) in [5.41, 5.74) is -1.52. The Bertz CT molecular complexity index is 493.